The third-order valence-corrected chi connectivity index (χ3v) is 3.60. The molecule has 2 aromatic rings. The molecule has 0 radical (unpaired) electrons. The van der Waals surface area contributed by atoms with Gasteiger partial charge in [-0.3, -0.25) is 4.79 Å². The van der Waals surface area contributed by atoms with Crippen molar-refractivity contribution in [2.75, 3.05) is 11.1 Å². The van der Waals surface area contributed by atoms with E-state index in [-0.39, 0.29) is 5.56 Å². The summed E-state index contributed by atoms with van der Waals surface area (Å²) in [6, 6.07) is 4.05. The lowest BCUT2D eigenvalue weighted by Crippen LogP contribution is -2.10. The second-order valence-electron chi connectivity index (χ2n) is 4.84. The first-order valence-electron chi connectivity index (χ1n) is 6.22. The van der Waals surface area contributed by atoms with E-state index in [1.807, 2.05) is 6.07 Å². The zero-order chi connectivity index (χ0) is 12.7. The van der Waals surface area contributed by atoms with Gasteiger partial charge in [-0.05, 0) is 24.5 Å². The Labute approximate surface area is 104 Å². The van der Waals surface area contributed by atoms with E-state index >= 15 is 0 Å². The predicted molar refractivity (Wildman–Crippen MR) is 72.6 cm³/mol. The minimum Gasteiger partial charge on any atom is -0.397 e. The molecule has 3 rings (SSSR count). The molecule has 5 heteroatoms. The summed E-state index contributed by atoms with van der Waals surface area (Å²) in [5.74, 6) is 0.743. The molecule has 5 nitrogen and oxygen atoms in total. The fourth-order valence-corrected chi connectivity index (χ4v) is 2.33. The van der Waals surface area contributed by atoms with Gasteiger partial charge < -0.3 is 16.0 Å². The molecule has 1 aromatic heterocycles. The van der Waals surface area contributed by atoms with Crippen LogP contribution in [0, 0.1) is 5.92 Å². The molecule has 0 saturated heterocycles. The minimum absolute atomic E-state index is 0.156. The third kappa shape index (κ3) is 1.81. The molecule has 1 heterocycles. The maximum absolute atomic E-state index is 11.6. The molecular formula is C13H16N4O. The number of hydrogen-bond donors (Lipinski definition) is 3. The van der Waals surface area contributed by atoms with Crippen molar-refractivity contribution in [3.05, 3.63) is 28.8 Å². The van der Waals surface area contributed by atoms with E-state index in [2.05, 4.69) is 22.2 Å². The molecule has 0 bridgehead atoms. The number of nitrogens with zero attached hydrogens (tertiary/aromatic N) is 1. The predicted octanol–water partition coefficient (Wildman–Crippen LogP) is 1.72. The standard InChI is InChI=1S/C13H16N4O/c1-2-7-3-10(7)17-12-5-11-8(4-9(12)14)13(18)16-6-15-11/h4-7,10,17H,2-3,14H2,1H3,(H,15,16,18). The summed E-state index contributed by atoms with van der Waals surface area (Å²) in [4.78, 5) is 18.3. The Balaban J connectivity index is 1.98. The minimum atomic E-state index is -0.156. The Morgan fingerprint density at radius 2 is 2.39 bits per heavy atom. The highest BCUT2D eigenvalue weighted by Crippen LogP contribution is 2.37. The van der Waals surface area contributed by atoms with Gasteiger partial charge in [-0.2, -0.15) is 0 Å². The van der Waals surface area contributed by atoms with Crippen LogP contribution in [0.5, 0.6) is 0 Å². The van der Waals surface area contributed by atoms with E-state index in [0.29, 0.717) is 22.6 Å². The van der Waals surface area contributed by atoms with E-state index in [1.54, 1.807) is 6.07 Å². The van der Waals surface area contributed by atoms with Crippen molar-refractivity contribution in [1.82, 2.24) is 9.97 Å². The lowest BCUT2D eigenvalue weighted by Gasteiger charge is -2.09. The summed E-state index contributed by atoms with van der Waals surface area (Å²) in [7, 11) is 0. The second kappa shape index (κ2) is 4.01. The Morgan fingerprint density at radius 1 is 1.56 bits per heavy atom. The van der Waals surface area contributed by atoms with Gasteiger partial charge in [-0.1, -0.05) is 13.3 Å². The lowest BCUT2D eigenvalue weighted by atomic mass is 10.2. The number of nitrogen functional groups attached to an aromatic ring is 1. The van der Waals surface area contributed by atoms with Crippen LogP contribution in [0.2, 0.25) is 0 Å². The van der Waals surface area contributed by atoms with E-state index in [0.717, 1.165) is 11.6 Å². The summed E-state index contributed by atoms with van der Waals surface area (Å²) in [5.41, 5.74) is 7.97. The summed E-state index contributed by atoms with van der Waals surface area (Å²) >= 11 is 0. The van der Waals surface area contributed by atoms with Gasteiger partial charge in [-0.25, -0.2) is 4.98 Å². The van der Waals surface area contributed by atoms with Crippen LogP contribution >= 0.6 is 0 Å². The Bertz CT molecular complexity index is 649. The Kier molecular flexibility index (Phi) is 2.47. The number of nitrogens with two attached hydrogens (primary N) is 1. The van der Waals surface area contributed by atoms with Crippen LogP contribution in [-0.4, -0.2) is 16.0 Å². The lowest BCUT2D eigenvalue weighted by molar-refractivity contribution is 0.775. The molecule has 18 heavy (non-hydrogen) atoms. The van der Waals surface area contributed by atoms with Crippen molar-refractivity contribution in [3.63, 3.8) is 0 Å². The SMILES string of the molecule is CCC1CC1Nc1cc2nc[nH]c(=O)c2cc1N. The summed E-state index contributed by atoms with van der Waals surface area (Å²) in [5, 5.41) is 3.95. The number of fused-ring (bicyclic) bond motifs is 1. The molecule has 94 valence electrons. The van der Waals surface area contributed by atoms with Crippen LogP contribution in [0.1, 0.15) is 19.8 Å². The van der Waals surface area contributed by atoms with E-state index in [1.165, 1.54) is 19.2 Å². The molecule has 1 aliphatic carbocycles. The van der Waals surface area contributed by atoms with Gasteiger partial charge in [0.05, 0.1) is 28.6 Å². The van der Waals surface area contributed by atoms with Gasteiger partial charge >= 0.3 is 0 Å². The highest BCUT2D eigenvalue weighted by atomic mass is 16.1. The molecule has 4 N–H and O–H groups in total. The first kappa shape index (κ1) is 11.1. The molecule has 0 spiro atoms. The molecule has 1 aliphatic rings. The number of aromatic amines is 1. The second-order valence-corrected chi connectivity index (χ2v) is 4.84. The summed E-state index contributed by atoms with van der Waals surface area (Å²) in [6.07, 6.45) is 3.79. The number of anilines is 2. The van der Waals surface area contributed by atoms with Crippen molar-refractivity contribution in [1.29, 1.82) is 0 Å². The van der Waals surface area contributed by atoms with E-state index in [9.17, 15) is 4.79 Å². The maximum Gasteiger partial charge on any atom is 0.258 e. The Hall–Kier alpha value is -2.04. The average Bonchev–Trinajstić information content (AvgIpc) is 3.10. The van der Waals surface area contributed by atoms with Gasteiger partial charge in [0, 0.05) is 6.04 Å². The number of H-pyrrole nitrogens is 1. The number of hydrogen-bond acceptors (Lipinski definition) is 4. The Morgan fingerprint density at radius 3 is 3.11 bits per heavy atom. The van der Waals surface area contributed by atoms with E-state index in [4.69, 9.17) is 5.73 Å². The fourth-order valence-electron chi connectivity index (χ4n) is 2.33. The molecule has 2 atom stereocenters. The average molecular weight is 244 g/mol. The van der Waals surface area contributed by atoms with Crippen molar-refractivity contribution in [3.8, 4) is 0 Å². The number of rotatable bonds is 3. The highest BCUT2D eigenvalue weighted by molar-refractivity contribution is 5.88. The monoisotopic (exact) mass is 244 g/mol. The van der Waals surface area contributed by atoms with Crippen molar-refractivity contribution < 1.29 is 0 Å². The molecular weight excluding hydrogens is 228 g/mol. The summed E-state index contributed by atoms with van der Waals surface area (Å²) < 4.78 is 0. The van der Waals surface area contributed by atoms with Crippen LogP contribution in [0.15, 0.2) is 23.3 Å². The van der Waals surface area contributed by atoms with Crippen molar-refractivity contribution >= 4 is 22.3 Å². The van der Waals surface area contributed by atoms with Gasteiger partial charge in [0.25, 0.3) is 5.56 Å². The van der Waals surface area contributed by atoms with Gasteiger partial charge in [-0.15, -0.1) is 0 Å². The molecule has 1 fully saturated rings. The van der Waals surface area contributed by atoms with E-state index < -0.39 is 0 Å². The van der Waals surface area contributed by atoms with Crippen LogP contribution in [0.3, 0.4) is 0 Å². The van der Waals surface area contributed by atoms with Crippen LogP contribution in [-0.2, 0) is 0 Å². The van der Waals surface area contributed by atoms with Gasteiger partial charge in [0.2, 0.25) is 0 Å². The van der Waals surface area contributed by atoms with Crippen molar-refractivity contribution in [2.45, 2.75) is 25.8 Å². The molecule has 1 aromatic carbocycles. The maximum atomic E-state index is 11.6. The summed E-state index contributed by atoms with van der Waals surface area (Å²) in [6.45, 7) is 2.19. The van der Waals surface area contributed by atoms with Crippen LogP contribution < -0.4 is 16.6 Å². The normalized spacial score (nSPS) is 22.1. The topological polar surface area (TPSA) is 83.8 Å². The van der Waals surface area contributed by atoms with Crippen LogP contribution in [0.25, 0.3) is 10.9 Å². The number of nitrogens with one attached hydrogen (secondary N) is 2. The van der Waals surface area contributed by atoms with Crippen molar-refractivity contribution in [2.24, 2.45) is 5.92 Å². The highest BCUT2D eigenvalue weighted by Gasteiger charge is 2.35. The quantitative estimate of drug-likeness (QED) is 0.718. The molecule has 0 amide bonds. The first-order chi connectivity index (χ1) is 8.69. The van der Waals surface area contributed by atoms with Gasteiger partial charge in [0.15, 0.2) is 0 Å². The first-order valence-corrected chi connectivity index (χ1v) is 6.22. The fraction of sp³-hybridized carbons (Fsp3) is 0.385. The largest absolute Gasteiger partial charge is 0.397 e. The van der Waals surface area contributed by atoms with Crippen LogP contribution in [0.4, 0.5) is 11.4 Å². The third-order valence-electron chi connectivity index (χ3n) is 3.60. The zero-order valence-corrected chi connectivity index (χ0v) is 10.2. The molecule has 0 aliphatic heterocycles. The zero-order valence-electron chi connectivity index (χ0n) is 10.2. The number of aromatic nitrogens is 2. The van der Waals surface area contributed by atoms with Gasteiger partial charge in [0.1, 0.15) is 0 Å². The smallest absolute Gasteiger partial charge is 0.258 e. The molecule has 1 saturated carbocycles. The number of benzene rings is 1. The molecule has 2 unspecified atom stereocenters.